The van der Waals surface area contributed by atoms with Gasteiger partial charge in [0.15, 0.2) is 0 Å². The summed E-state index contributed by atoms with van der Waals surface area (Å²) in [5, 5.41) is 1.18. The van der Waals surface area contributed by atoms with Gasteiger partial charge in [0.2, 0.25) is 0 Å². The minimum Gasteiger partial charge on any atom is -0.469 e. The predicted octanol–water partition coefficient (Wildman–Crippen LogP) is 3.33. The Labute approximate surface area is 109 Å². The fourth-order valence-electron chi connectivity index (χ4n) is 1.68. The fraction of sp³-hybridized carbons (Fsp3) is 0.167. The highest BCUT2D eigenvalue weighted by Crippen LogP contribution is 2.25. The molecule has 17 heavy (non-hydrogen) atoms. The molecule has 0 fully saturated rings. The summed E-state index contributed by atoms with van der Waals surface area (Å²) in [5.41, 5.74) is 3.67. The van der Waals surface area contributed by atoms with E-state index in [1.165, 1.54) is 0 Å². The van der Waals surface area contributed by atoms with Gasteiger partial charge in [0.1, 0.15) is 5.76 Å². The summed E-state index contributed by atoms with van der Waals surface area (Å²) in [5.74, 6) is 6.39. The highest BCUT2D eigenvalue weighted by atomic mass is 35.5. The van der Waals surface area contributed by atoms with Crippen molar-refractivity contribution in [2.75, 3.05) is 0 Å². The molecule has 90 valence electrons. The Morgan fingerprint density at radius 1 is 1.24 bits per heavy atom. The summed E-state index contributed by atoms with van der Waals surface area (Å²) >= 11 is 11.9. The number of hydrazine groups is 1. The highest BCUT2D eigenvalue weighted by Gasteiger charge is 2.13. The first kappa shape index (κ1) is 12.5. The molecule has 0 radical (unpaired) electrons. The van der Waals surface area contributed by atoms with Crippen molar-refractivity contribution in [1.29, 1.82) is 0 Å². The predicted molar refractivity (Wildman–Crippen MR) is 68.9 cm³/mol. The average Bonchev–Trinajstić information content (AvgIpc) is 2.77. The van der Waals surface area contributed by atoms with E-state index in [4.69, 9.17) is 33.5 Å². The molecule has 0 bridgehead atoms. The van der Waals surface area contributed by atoms with Crippen molar-refractivity contribution in [3.8, 4) is 0 Å². The van der Waals surface area contributed by atoms with Crippen LogP contribution in [0.5, 0.6) is 0 Å². The van der Waals surface area contributed by atoms with Crippen LogP contribution < -0.4 is 11.3 Å². The van der Waals surface area contributed by atoms with Gasteiger partial charge in [-0.1, -0.05) is 23.2 Å². The monoisotopic (exact) mass is 270 g/mol. The van der Waals surface area contributed by atoms with Crippen LogP contribution in [0.1, 0.15) is 17.4 Å². The zero-order valence-corrected chi connectivity index (χ0v) is 10.5. The van der Waals surface area contributed by atoms with E-state index in [-0.39, 0.29) is 6.04 Å². The summed E-state index contributed by atoms with van der Waals surface area (Å²) in [7, 11) is 0. The Morgan fingerprint density at radius 3 is 2.47 bits per heavy atom. The van der Waals surface area contributed by atoms with Crippen LogP contribution >= 0.6 is 23.2 Å². The van der Waals surface area contributed by atoms with Gasteiger partial charge in [-0.2, -0.15) is 0 Å². The molecule has 0 saturated carbocycles. The first-order chi connectivity index (χ1) is 8.19. The fourth-order valence-corrected chi connectivity index (χ4v) is 2.22. The molecule has 0 amide bonds. The molecule has 1 heterocycles. The molecule has 3 N–H and O–H groups in total. The largest absolute Gasteiger partial charge is 0.469 e. The molecule has 1 unspecified atom stereocenters. The van der Waals surface area contributed by atoms with Crippen LogP contribution in [0.25, 0.3) is 0 Å². The van der Waals surface area contributed by atoms with Crippen LogP contribution in [0.3, 0.4) is 0 Å². The number of nitrogens with two attached hydrogens (primary N) is 1. The lowest BCUT2D eigenvalue weighted by Gasteiger charge is -2.15. The lowest BCUT2D eigenvalue weighted by atomic mass is 10.0. The highest BCUT2D eigenvalue weighted by molar-refractivity contribution is 6.34. The van der Waals surface area contributed by atoms with Crippen molar-refractivity contribution in [3.63, 3.8) is 0 Å². The lowest BCUT2D eigenvalue weighted by molar-refractivity contribution is 0.455. The standard InChI is InChI=1S/C12H12Cl2N2O/c13-9-4-8(5-10(14)6-9)12(16-15)7-11-2-1-3-17-11/h1-6,12,16H,7,15H2. The molecule has 0 spiro atoms. The SMILES string of the molecule is NNC(Cc1ccco1)c1cc(Cl)cc(Cl)c1. The van der Waals surface area contributed by atoms with E-state index in [0.29, 0.717) is 16.5 Å². The average molecular weight is 271 g/mol. The van der Waals surface area contributed by atoms with Crippen molar-refractivity contribution in [2.24, 2.45) is 5.84 Å². The number of nitrogens with one attached hydrogen (secondary N) is 1. The maximum atomic E-state index is 5.96. The molecule has 0 aliphatic rings. The molecule has 2 aromatic rings. The molecular weight excluding hydrogens is 259 g/mol. The van der Waals surface area contributed by atoms with Crippen LogP contribution in [-0.4, -0.2) is 0 Å². The summed E-state index contributed by atoms with van der Waals surface area (Å²) in [4.78, 5) is 0. The second-order valence-electron chi connectivity index (χ2n) is 3.71. The van der Waals surface area contributed by atoms with Crippen LogP contribution in [-0.2, 0) is 6.42 Å². The van der Waals surface area contributed by atoms with Gasteiger partial charge >= 0.3 is 0 Å². The van der Waals surface area contributed by atoms with E-state index in [9.17, 15) is 0 Å². The van der Waals surface area contributed by atoms with Crippen molar-refractivity contribution in [1.82, 2.24) is 5.43 Å². The number of halogens is 2. The number of rotatable bonds is 4. The summed E-state index contributed by atoms with van der Waals surface area (Å²) in [6.45, 7) is 0. The lowest BCUT2D eigenvalue weighted by Crippen LogP contribution is -2.29. The molecule has 0 aliphatic carbocycles. The molecule has 5 heteroatoms. The van der Waals surface area contributed by atoms with Gasteiger partial charge < -0.3 is 4.42 Å². The van der Waals surface area contributed by atoms with Gasteiger partial charge in [-0.15, -0.1) is 0 Å². The quantitative estimate of drug-likeness (QED) is 0.662. The maximum absolute atomic E-state index is 5.96. The van der Waals surface area contributed by atoms with Crippen molar-refractivity contribution in [3.05, 3.63) is 58.0 Å². The van der Waals surface area contributed by atoms with Crippen LogP contribution in [0.15, 0.2) is 41.0 Å². The smallest absolute Gasteiger partial charge is 0.105 e. The summed E-state index contributed by atoms with van der Waals surface area (Å²) < 4.78 is 5.29. The first-order valence-corrected chi connectivity index (χ1v) is 5.89. The topological polar surface area (TPSA) is 51.2 Å². The van der Waals surface area contributed by atoms with Crippen molar-refractivity contribution >= 4 is 23.2 Å². The minimum absolute atomic E-state index is 0.0858. The summed E-state index contributed by atoms with van der Waals surface area (Å²) in [6, 6.07) is 9.01. The number of hydrogen-bond donors (Lipinski definition) is 2. The van der Waals surface area contributed by atoms with Crippen molar-refractivity contribution < 1.29 is 4.42 Å². The second-order valence-corrected chi connectivity index (χ2v) is 4.58. The Morgan fingerprint density at radius 2 is 1.94 bits per heavy atom. The maximum Gasteiger partial charge on any atom is 0.105 e. The van der Waals surface area contributed by atoms with E-state index in [1.807, 2.05) is 24.3 Å². The first-order valence-electron chi connectivity index (χ1n) is 5.13. The van der Waals surface area contributed by atoms with Gasteiger partial charge in [0.05, 0.1) is 12.3 Å². The zero-order valence-electron chi connectivity index (χ0n) is 8.99. The minimum atomic E-state index is -0.0858. The van der Waals surface area contributed by atoms with Gasteiger partial charge in [-0.3, -0.25) is 11.3 Å². The molecule has 1 aromatic heterocycles. The van der Waals surface area contributed by atoms with Crippen LogP contribution in [0.2, 0.25) is 10.0 Å². The second kappa shape index (κ2) is 5.56. The molecule has 1 aromatic carbocycles. The van der Waals surface area contributed by atoms with E-state index in [1.54, 1.807) is 12.3 Å². The van der Waals surface area contributed by atoms with Gasteiger partial charge in [0.25, 0.3) is 0 Å². The molecule has 2 rings (SSSR count). The third kappa shape index (κ3) is 3.23. The van der Waals surface area contributed by atoms with E-state index in [2.05, 4.69) is 5.43 Å². The van der Waals surface area contributed by atoms with E-state index < -0.39 is 0 Å². The third-order valence-electron chi connectivity index (χ3n) is 2.47. The number of benzene rings is 1. The van der Waals surface area contributed by atoms with Crippen LogP contribution in [0, 0.1) is 0 Å². The molecule has 3 nitrogen and oxygen atoms in total. The van der Waals surface area contributed by atoms with Gasteiger partial charge in [0, 0.05) is 16.5 Å². The third-order valence-corrected chi connectivity index (χ3v) is 2.91. The Balaban J connectivity index is 2.22. The van der Waals surface area contributed by atoms with E-state index in [0.717, 1.165) is 11.3 Å². The molecule has 1 atom stereocenters. The van der Waals surface area contributed by atoms with Gasteiger partial charge in [-0.25, -0.2) is 0 Å². The molecular formula is C12H12Cl2N2O. The van der Waals surface area contributed by atoms with Gasteiger partial charge in [-0.05, 0) is 35.9 Å². The van der Waals surface area contributed by atoms with Crippen LogP contribution in [0.4, 0.5) is 0 Å². The number of furan rings is 1. The Kier molecular flexibility index (Phi) is 4.07. The molecule has 0 aliphatic heterocycles. The summed E-state index contributed by atoms with van der Waals surface area (Å²) in [6.07, 6.45) is 2.27. The molecule has 0 saturated heterocycles. The number of hydrogen-bond acceptors (Lipinski definition) is 3. The van der Waals surface area contributed by atoms with Crippen molar-refractivity contribution in [2.45, 2.75) is 12.5 Å². The normalized spacial score (nSPS) is 12.6. The zero-order chi connectivity index (χ0) is 12.3. The Bertz CT molecular complexity index is 465. The van der Waals surface area contributed by atoms with E-state index >= 15 is 0 Å². The Hall–Kier alpha value is -1.000.